The molecule has 0 fully saturated rings. The molecule has 3 rings (SSSR count). The Morgan fingerprint density at radius 2 is 2.21 bits per heavy atom. The molecule has 2 heterocycles. The van der Waals surface area contributed by atoms with Crippen molar-refractivity contribution in [3.8, 4) is 11.4 Å². The van der Waals surface area contributed by atoms with Crippen molar-refractivity contribution in [2.24, 2.45) is 5.73 Å². The SMILES string of the molecule is N[C@H]([CH2][AlH2])Cc1nnc2n1CCSc1ccccc1-2. The number of fused-ring (bicyclic) bond motifs is 3. The van der Waals surface area contributed by atoms with E-state index in [2.05, 4.69) is 39.0 Å². The van der Waals surface area contributed by atoms with Crippen LogP contribution in [0.2, 0.25) is 5.28 Å². The van der Waals surface area contributed by atoms with Crippen molar-refractivity contribution in [1.82, 2.24) is 14.8 Å². The number of aromatic nitrogens is 3. The Morgan fingerprint density at radius 3 is 3.05 bits per heavy atom. The van der Waals surface area contributed by atoms with E-state index in [0.717, 1.165) is 51.9 Å². The summed E-state index contributed by atoms with van der Waals surface area (Å²) in [6.45, 7) is 0.963. The van der Waals surface area contributed by atoms with E-state index >= 15 is 0 Å². The summed E-state index contributed by atoms with van der Waals surface area (Å²) in [5.41, 5.74) is 7.28. The second-order valence-electron chi connectivity index (χ2n) is 4.81. The minimum atomic E-state index is 0.228. The van der Waals surface area contributed by atoms with Crippen molar-refractivity contribution in [3.05, 3.63) is 30.1 Å². The second kappa shape index (κ2) is 5.68. The first-order valence-electron chi connectivity index (χ1n) is 6.69. The van der Waals surface area contributed by atoms with Crippen LogP contribution in [0.15, 0.2) is 29.2 Å². The molecule has 1 aliphatic heterocycles. The third-order valence-corrected chi connectivity index (χ3v) is 5.60. The van der Waals surface area contributed by atoms with Gasteiger partial charge in [0.05, 0.1) is 0 Å². The summed E-state index contributed by atoms with van der Waals surface area (Å²) in [6.07, 6.45) is 0.837. The lowest BCUT2D eigenvalue weighted by Gasteiger charge is -2.10. The quantitative estimate of drug-likeness (QED) is 0.855. The van der Waals surface area contributed by atoms with Gasteiger partial charge in [-0.15, -0.1) is 22.0 Å². The molecule has 1 aromatic carbocycles. The molecule has 0 bridgehead atoms. The van der Waals surface area contributed by atoms with Crippen LogP contribution in [-0.4, -0.2) is 42.8 Å². The van der Waals surface area contributed by atoms with E-state index in [1.807, 2.05) is 11.8 Å². The third-order valence-electron chi connectivity index (χ3n) is 3.50. The van der Waals surface area contributed by atoms with E-state index in [1.54, 1.807) is 0 Å². The van der Waals surface area contributed by atoms with Gasteiger partial charge in [-0.2, -0.15) is 0 Å². The van der Waals surface area contributed by atoms with Crippen LogP contribution in [0.1, 0.15) is 5.82 Å². The molecule has 98 valence electrons. The number of nitrogens with zero attached hydrogens (tertiary/aromatic N) is 3. The van der Waals surface area contributed by atoms with Gasteiger partial charge in [0.15, 0.2) is 5.82 Å². The number of hydrogen-bond donors (Lipinski definition) is 1. The average molecular weight is 288 g/mol. The molecule has 2 N–H and O–H groups in total. The summed E-state index contributed by atoms with van der Waals surface area (Å²) in [7, 11) is 0. The van der Waals surface area contributed by atoms with E-state index in [-0.39, 0.29) is 6.04 Å². The molecule has 2 aromatic rings. The fourth-order valence-corrected chi connectivity index (χ4v) is 3.60. The van der Waals surface area contributed by atoms with Crippen molar-refractivity contribution in [3.63, 3.8) is 0 Å². The Morgan fingerprint density at radius 1 is 1.37 bits per heavy atom. The highest BCUT2D eigenvalue weighted by atomic mass is 32.2. The van der Waals surface area contributed by atoms with Gasteiger partial charge in [-0.3, -0.25) is 0 Å². The van der Waals surface area contributed by atoms with Gasteiger partial charge in [0, 0.05) is 29.2 Å². The number of rotatable bonds is 3. The molecule has 1 aliphatic rings. The van der Waals surface area contributed by atoms with E-state index in [4.69, 9.17) is 5.73 Å². The van der Waals surface area contributed by atoms with Crippen LogP contribution in [0, 0.1) is 0 Å². The largest absolute Gasteiger partial charge is 0.328 e. The first kappa shape index (κ1) is 13.2. The first-order chi connectivity index (χ1) is 9.29. The molecule has 4 nitrogen and oxygen atoms in total. The minimum absolute atomic E-state index is 0.228. The first-order valence-corrected chi connectivity index (χ1v) is 9.09. The maximum absolute atomic E-state index is 6.08. The molecule has 6 heteroatoms. The van der Waals surface area contributed by atoms with Crippen molar-refractivity contribution in [2.75, 3.05) is 5.75 Å². The lowest BCUT2D eigenvalue weighted by molar-refractivity contribution is 0.642. The van der Waals surface area contributed by atoms with Gasteiger partial charge in [-0.1, -0.05) is 23.5 Å². The summed E-state index contributed by atoms with van der Waals surface area (Å²) in [5.74, 6) is 3.09. The van der Waals surface area contributed by atoms with Gasteiger partial charge in [0.25, 0.3) is 0 Å². The fraction of sp³-hybridized carbons (Fsp3) is 0.385. The lowest BCUT2D eigenvalue weighted by atomic mass is 10.2. The maximum Gasteiger partial charge on any atom is 0.214 e. The maximum atomic E-state index is 6.08. The topological polar surface area (TPSA) is 56.7 Å². The molecule has 1 aromatic heterocycles. The molecule has 0 saturated heterocycles. The number of hydrogen-bond acceptors (Lipinski definition) is 4. The number of benzene rings is 1. The Hall–Kier alpha value is -0.798. The van der Waals surface area contributed by atoms with E-state index in [0.29, 0.717) is 0 Å². The van der Waals surface area contributed by atoms with Crippen LogP contribution >= 0.6 is 11.8 Å². The van der Waals surface area contributed by atoms with Crippen molar-refractivity contribution in [1.29, 1.82) is 0 Å². The molecule has 19 heavy (non-hydrogen) atoms. The molecule has 1 atom stereocenters. The van der Waals surface area contributed by atoms with Crippen LogP contribution in [0.5, 0.6) is 0 Å². The zero-order valence-electron chi connectivity index (χ0n) is 11.0. The van der Waals surface area contributed by atoms with Gasteiger partial charge < -0.3 is 10.3 Å². The summed E-state index contributed by atoms with van der Waals surface area (Å²) < 4.78 is 2.25. The summed E-state index contributed by atoms with van der Waals surface area (Å²) in [5, 5.41) is 9.87. The van der Waals surface area contributed by atoms with Crippen LogP contribution < -0.4 is 5.73 Å². The molecule has 0 radical (unpaired) electrons. The van der Waals surface area contributed by atoms with Crippen LogP contribution in [0.4, 0.5) is 0 Å². The van der Waals surface area contributed by atoms with Gasteiger partial charge in [-0.25, -0.2) is 0 Å². The molecular formula is C13H17AlN4S. The molecule has 0 amide bonds. The highest BCUT2D eigenvalue weighted by molar-refractivity contribution is 7.99. The standard InChI is InChI=1S/C13H15N4S.Al.2H/c1-9(14)8-12-15-16-13-10-4-2-3-5-11(10)18-7-6-17(12)13;;;/h2-5,9H,1,6-8,14H2;;;/t9-;;;/m1.../s1. The molecular weight excluding hydrogens is 271 g/mol. The minimum Gasteiger partial charge on any atom is -0.328 e. The molecule has 0 saturated carbocycles. The Kier molecular flexibility index (Phi) is 3.94. The van der Waals surface area contributed by atoms with Gasteiger partial charge in [-0.05, 0) is 12.1 Å². The van der Waals surface area contributed by atoms with Crippen molar-refractivity contribution < 1.29 is 0 Å². The van der Waals surface area contributed by atoms with E-state index < -0.39 is 0 Å². The average Bonchev–Trinajstić information content (AvgIpc) is 2.72. The molecule has 0 unspecified atom stereocenters. The predicted octanol–water partition coefficient (Wildman–Crippen LogP) is 0.972. The normalized spacial score (nSPS) is 15.4. The Bertz CT molecular complexity index is 584. The number of nitrogens with two attached hydrogens (primary N) is 1. The molecule has 0 spiro atoms. The zero-order valence-corrected chi connectivity index (χ0v) is 13.9. The van der Waals surface area contributed by atoms with Crippen molar-refractivity contribution in [2.45, 2.75) is 29.2 Å². The van der Waals surface area contributed by atoms with E-state index in [9.17, 15) is 0 Å². The Balaban J connectivity index is 2.02. The number of thioether (sulfide) groups is 1. The summed E-state index contributed by atoms with van der Waals surface area (Å²) in [4.78, 5) is 1.30. The van der Waals surface area contributed by atoms with Gasteiger partial charge in [0.1, 0.15) is 5.82 Å². The van der Waals surface area contributed by atoms with Crippen LogP contribution in [0.3, 0.4) is 0 Å². The van der Waals surface area contributed by atoms with E-state index in [1.165, 1.54) is 10.5 Å². The monoisotopic (exact) mass is 288 g/mol. The smallest absolute Gasteiger partial charge is 0.214 e. The molecule has 0 aliphatic carbocycles. The highest BCUT2D eigenvalue weighted by Crippen LogP contribution is 2.33. The zero-order chi connectivity index (χ0) is 13.2. The lowest BCUT2D eigenvalue weighted by Crippen LogP contribution is -2.24. The predicted molar refractivity (Wildman–Crippen MR) is 81.2 cm³/mol. The van der Waals surface area contributed by atoms with Gasteiger partial charge >= 0.3 is 0 Å². The van der Waals surface area contributed by atoms with Crippen LogP contribution in [-0.2, 0) is 13.0 Å². The third kappa shape index (κ3) is 2.59. The fourth-order valence-electron chi connectivity index (χ4n) is 2.32. The van der Waals surface area contributed by atoms with Crippen LogP contribution in [0.25, 0.3) is 11.4 Å². The summed E-state index contributed by atoms with van der Waals surface area (Å²) in [6, 6.07) is 8.66. The summed E-state index contributed by atoms with van der Waals surface area (Å²) >= 11 is 3.03. The van der Waals surface area contributed by atoms with Crippen molar-refractivity contribution >= 4 is 28.1 Å². The highest BCUT2D eigenvalue weighted by Gasteiger charge is 2.20. The Labute approximate surface area is 125 Å². The second-order valence-corrected chi connectivity index (χ2v) is 6.76. The van der Waals surface area contributed by atoms with Gasteiger partial charge in [0.2, 0.25) is 16.3 Å².